The predicted octanol–water partition coefficient (Wildman–Crippen LogP) is 2.83. The molecule has 1 aliphatic carbocycles. The molecule has 1 aliphatic rings. The molecule has 1 heterocycles. The van der Waals surface area contributed by atoms with Crippen LogP contribution in [0.4, 0.5) is 5.69 Å². The van der Waals surface area contributed by atoms with Crippen LogP contribution in [0.2, 0.25) is 0 Å². The van der Waals surface area contributed by atoms with E-state index in [1.54, 1.807) is 18.2 Å². The minimum absolute atomic E-state index is 0.0397. The SMILES string of the molecule is O=[N+]([O-])c1ccc(O[C@H]2CCCC[C@H]2O)c2cccnc12. The molecule has 0 amide bonds. The first kappa shape index (κ1) is 13.8. The molecule has 6 heteroatoms. The topological polar surface area (TPSA) is 85.5 Å². The molecule has 0 radical (unpaired) electrons. The number of fused-ring (bicyclic) bond motifs is 1. The Kier molecular flexibility index (Phi) is 3.70. The molecule has 110 valence electrons. The molecule has 2 aromatic rings. The molecule has 1 aromatic carbocycles. The van der Waals surface area contributed by atoms with Gasteiger partial charge in [-0.1, -0.05) is 6.42 Å². The van der Waals surface area contributed by atoms with Gasteiger partial charge in [0, 0.05) is 17.6 Å². The van der Waals surface area contributed by atoms with E-state index in [-0.39, 0.29) is 11.8 Å². The summed E-state index contributed by atoms with van der Waals surface area (Å²) in [6.07, 6.45) is 4.32. The zero-order valence-corrected chi connectivity index (χ0v) is 11.4. The van der Waals surface area contributed by atoms with Gasteiger partial charge in [0.05, 0.1) is 11.0 Å². The van der Waals surface area contributed by atoms with E-state index in [2.05, 4.69) is 4.98 Å². The van der Waals surface area contributed by atoms with Gasteiger partial charge in [-0.3, -0.25) is 10.1 Å². The maximum absolute atomic E-state index is 11.1. The second-order valence-corrected chi connectivity index (χ2v) is 5.25. The Morgan fingerprint density at radius 1 is 1.29 bits per heavy atom. The van der Waals surface area contributed by atoms with Gasteiger partial charge < -0.3 is 9.84 Å². The third-order valence-corrected chi connectivity index (χ3v) is 3.85. The van der Waals surface area contributed by atoms with Crippen molar-refractivity contribution in [1.29, 1.82) is 0 Å². The number of non-ortho nitro benzene ring substituents is 1. The van der Waals surface area contributed by atoms with Crippen molar-refractivity contribution < 1.29 is 14.8 Å². The molecule has 6 nitrogen and oxygen atoms in total. The molecule has 0 spiro atoms. The number of aliphatic hydroxyl groups is 1. The lowest BCUT2D eigenvalue weighted by Crippen LogP contribution is -2.34. The van der Waals surface area contributed by atoms with Crippen molar-refractivity contribution in [3.63, 3.8) is 0 Å². The molecule has 0 saturated heterocycles. The van der Waals surface area contributed by atoms with E-state index in [1.807, 2.05) is 0 Å². The fourth-order valence-electron chi connectivity index (χ4n) is 2.76. The summed E-state index contributed by atoms with van der Waals surface area (Å²) < 4.78 is 5.90. The summed E-state index contributed by atoms with van der Waals surface area (Å²) in [5, 5.41) is 21.7. The summed E-state index contributed by atoms with van der Waals surface area (Å²) in [6.45, 7) is 0. The number of ether oxygens (including phenoxy) is 1. The second-order valence-electron chi connectivity index (χ2n) is 5.25. The minimum atomic E-state index is -0.485. The molecule has 21 heavy (non-hydrogen) atoms. The van der Waals surface area contributed by atoms with Crippen molar-refractivity contribution >= 4 is 16.6 Å². The number of aliphatic hydroxyl groups excluding tert-OH is 1. The molecule has 1 N–H and O–H groups in total. The van der Waals surface area contributed by atoms with Gasteiger partial charge >= 0.3 is 0 Å². The predicted molar refractivity (Wildman–Crippen MR) is 77.3 cm³/mol. The third-order valence-electron chi connectivity index (χ3n) is 3.85. The molecule has 0 aliphatic heterocycles. The van der Waals surface area contributed by atoms with Crippen molar-refractivity contribution in [1.82, 2.24) is 4.98 Å². The Hall–Kier alpha value is -2.21. The maximum Gasteiger partial charge on any atom is 0.295 e. The van der Waals surface area contributed by atoms with Crippen LogP contribution in [-0.4, -0.2) is 27.2 Å². The minimum Gasteiger partial charge on any atom is -0.487 e. The smallest absolute Gasteiger partial charge is 0.295 e. The van der Waals surface area contributed by atoms with Crippen molar-refractivity contribution in [2.45, 2.75) is 37.9 Å². The average molecular weight is 288 g/mol. The molecule has 2 atom stereocenters. The number of aromatic nitrogens is 1. The summed E-state index contributed by atoms with van der Waals surface area (Å²) in [7, 11) is 0. The van der Waals surface area contributed by atoms with Gasteiger partial charge in [0.1, 0.15) is 11.9 Å². The van der Waals surface area contributed by atoms with Crippen molar-refractivity contribution in [2.75, 3.05) is 0 Å². The standard InChI is InChI=1S/C15H16N2O4/c18-12-5-1-2-6-14(12)21-13-8-7-11(17(19)20)15-10(13)4-3-9-16-15/h3-4,7-9,12,14,18H,1-2,5-6H2/t12-,14+/m1/s1. The number of nitrogens with zero attached hydrogens (tertiary/aromatic N) is 2. The molecular formula is C15H16N2O4. The number of hydrogen-bond donors (Lipinski definition) is 1. The van der Waals surface area contributed by atoms with Gasteiger partial charge in [0.2, 0.25) is 0 Å². The van der Waals surface area contributed by atoms with E-state index >= 15 is 0 Å². The van der Waals surface area contributed by atoms with Gasteiger partial charge in [-0.2, -0.15) is 0 Å². The zero-order chi connectivity index (χ0) is 14.8. The molecule has 3 rings (SSSR count). The van der Waals surface area contributed by atoms with Gasteiger partial charge in [-0.15, -0.1) is 0 Å². The first-order valence-corrected chi connectivity index (χ1v) is 7.03. The normalized spacial score (nSPS) is 22.1. The summed E-state index contributed by atoms with van der Waals surface area (Å²) in [4.78, 5) is 14.7. The highest BCUT2D eigenvalue weighted by Crippen LogP contribution is 2.33. The van der Waals surface area contributed by atoms with Crippen LogP contribution in [-0.2, 0) is 0 Å². The number of benzene rings is 1. The van der Waals surface area contributed by atoms with E-state index in [4.69, 9.17) is 4.74 Å². The number of nitro benzene ring substituents is 1. The van der Waals surface area contributed by atoms with Crippen LogP contribution >= 0.6 is 0 Å². The van der Waals surface area contributed by atoms with Crippen molar-refractivity contribution in [3.05, 3.63) is 40.6 Å². The summed E-state index contributed by atoms with van der Waals surface area (Å²) >= 11 is 0. The molecule has 0 unspecified atom stereocenters. The van der Waals surface area contributed by atoms with Crippen LogP contribution in [0, 0.1) is 10.1 Å². The summed E-state index contributed by atoms with van der Waals surface area (Å²) in [6, 6.07) is 6.46. The Bertz CT molecular complexity index is 674. The number of hydrogen-bond acceptors (Lipinski definition) is 5. The first-order valence-electron chi connectivity index (χ1n) is 7.03. The molecule has 0 bridgehead atoms. The highest BCUT2D eigenvalue weighted by Gasteiger charge is 2.26. The molecule has 1 saturated carbocycles. The van der Waals surface area contributed by atoms with E-state index in [9.17, 15) is 15.2 Å². The Labute approximate surface area is 121 Å². The summed E-state index contributed by atoms with van der Waals surface area (Å²) in [5.74, 6) is 0.537. The van der Waals surface area contributed by atoms with Gasteiger partial charge in [0.25, 0.3) is 5.69 Å². The quantitative estimate of drug-likeness (QED) is 0.693. The largest absolute Gasteiger partial charge is 0.487 e. The van der Waals surface area contributed by atoms with Crippen LogP contribution in [0.25, 0.3) is 10.9 Å². The van der Waals surface area contributed by atoms with Crippen LogP contribution < -0.4 is 4.74 Å². The highest BCUT2D eigenvalue weighted by atomic mass is 16.6. The lowest BCUT2D eigenvalue weighted by Gasteiger charge is -2.28. The third kappa shape index (κ3) is 2.67. The number of rotatable bonds is 3. The average Bonchev–Trinajstić information content (AvgIpc) is 2.49. The molecule has 1 fully saturated rings. The lowest BCUT2D eigenvalue weighted by molar-refractivity contribution is -0.383. The Balaban J connectivity index is 1.99. The van der Waals surface area contributed by atoms with Crippen LogP contribution in [0.5, 0.6) is 5.75 Å². The van der Waals surface area contributed by atoms with Gasteiger partial charge in [-0.25, -0.2) is 4.98 Å². The summed E-state index contributed by atoms with van der Waals surface area (Å²) in [5.41, 5.74) is 0.271. The van der Waals surface area contributed by atoms with Crippen molar-refractivity contribution in [3.8, 4) is 5.75 Å². The van der Waals surface area contributed by atoms with E-state index in [1.165, 1.54) is 12.3 Å². The van der Waals surface area contributed by atoms with Crippen LogP contribution in [0.1, 0.15) is 25.7 Å². The van der Waals surface area contributed by atoms with Gasteiger partial charge in [0.15, 0.2) is 5.52 Å². The monoisotopic (exact) mass is 288 g/mol. The van der Waals surface area contributed by atoms with Crippen molar-refractivity contribution in [2.24, 2.45) is 0 Å². The first-order chi connectivity index (χ1) is 10.2. The maximum atomic E-state index is 11.1. The fraction of sp³-hybridized carbons (Fsp3) is 0.400. The Morgan fingerprint density at radius 2 is 2.10 bits per heavy atom. The van der Waals surface area contributed by atoms with Crippen LogP contribution in [0.3, 0.4) is 0 Å². The number of pyridine rings is 1. The number of nitro groups is 1. The Morgan fingerprint density at radius 3 is 2.86 bits per heavy atom. The molecule has 1 aromatic heterocycles. The second kappa shape index (κ2) is 5.65. The lowest BCUT2D eigenvalue weighted by atomic mass is 9.95. The van der Waals surface area contributed by atoms with Gasteiger partial charge in [-0.05, 0) is 37.5 Å². The molecular weight excluding hydrogens is 272 g/mol. The van der Waals surface area contributed by atoms with E-state index in [0.29, 0.717) is 16.7 Å². The highest BCUT2D eigenvalue weighted by molar-refractivity contribution is 5.92. The van der Waals surface area contributed by atoms with E-state index < -0.39 is 11.0 Å². The van der Waals surface area contributed by atoms with Crippen LogP contribution in [0.15, 0.2) is 30.5 Å². The van der Waals surface area contributed by atoms with E-state index in [0.717, 1.165) is 25.7 Å². The fourth-order valence-corrected chi connectivity index (χ4v) is 2.76. The zero-order valence-electron chi connectivity index (χ0n) is 11.4.